The third-order valence-corrected chi connectivity index (χ3v) is 4.31. The van der Waals surface area contributed by atoms with Crippen LogP contribution >= 0.6 is 22.7 Å². The van der Waals surface area contributed by atoms with Crippen LogP contribution in [0.25, 0.3) is 0 Å². The molecule has 1 N–H and O–H groups in total. The van der Waals surface area contributed by atoms with Crippen molar-refractivity contribution in [1.82, 2.24) is 0 Å². The fraction of sp³-hybridized carbons (Fsp3) is 0.273. The van der Waals surface area contributed by atoms with Gasteiger partial charge in [-0.05, 0) is 43.0 Å². The predicted molar refractivity (Wildman–Crippen MR) is 62.2 cm³/mol. The van der Waals surface area contributed by atoms with Crippen LogP contribution < -0.4 is 0 Å². The summed E-state index contributed by atoms with van der Waals surface area (Å²) in [5.41, 5.74) is 1.17. The quantitative estimate of drug-likeness (QED) is 0.827. The summed E-state index contributed by atoms with van der Waals surface area (Å²) < 4.78 is 0. The van der Waals surface area contributed by atoms with Crippen LogP contribution in [0.4, 0.5) is 0 Å². The molecule has 3 heteroatoms. The summed E-state index contributed by atoms with van der Waals surface area (Å²) in [4.78, 5) is 3.34. The summed E-state index contributed by atoms with van der Waals surface area (Å²) in [5, 5.41) is 12.1. The maximum absolute atomic E-state index is 10.1. The highest BCUT2D eigenvalue weighted by molar-refractivity contribution is 7.12. The molecule has 0 saturated carbocycles. The molecule has 0 aromatic carbocycles. The third-order valence-electron chi connectivity index (χ3n) is 2.18. The number of hydrogen-bond acceptors (Lipinski definition) is 3. The molecule has 0 aliphatic carbocycles. The minimum Gasteiger partial charge on any atom is -0.382 e. The number of thiophene rings is 2. The smallest absolute Gasteiger partial charge is 0.123 e. The molecule has 0 aliphatic heterocycles. The van der Waals surface area contributed by atoms with Crippen molar-refractivity contribution in [1.29, 1.82) is 0 Å². The van der Waals surface area contributed by atoms with E-state index in [2.05, 4.69) is 6.92 Å². The normalized spacial score (nSPS) is 13.1. The van der Waals surface area contributed by atoms with E-state index in [1.807, 2.05) is 30.5 Å². The van der Waals surface area contributed by atoms with Crippen LogP contribution in [0.3, 0.4) is 0 Å². The molecule has 2 rings (SSSR count). The van der Waals surface area contributed by atoms with Gasteiger partial charge in [0, 0.05) is 14.6 Å². The molecule has 0 aliphatic rings. The van der Waals surface area contributed by atoms with Gasteiger partial charge >= 0.3 is 0 Å². The van der Waals surface area contributed by atoms with E-state index in [1.54, 1.807) is 22.7 Å². The highest BCUT2D eigenvalue weighted by atomic mass is 32.1. The number of aliphatic hydroxyl groups is 1. The van der Waals surface area contributed by atoms with Crippen molar-refractivity contribution >= 4 is 22.7 Å². The second-order valence-electron chi connectivity index (χ2n) is 3.32. The summed E-state index contributed by atoms with van der Waals surface area (Å²) >= 11 is 3.28. The van der Waals surface area contributed by atoms with Crippen molar-refractivity contribution in [2.24, 2.45) is 0 Å². The lowest BCUT2D eigenvalue weighted by Crippen LogP contribution is -1.95. The lowest BCUT2D eigenvalue weighted by atomic mass is 10.2. The molecular formula is C11H12OS2. The van der Waals surface area contributed by atoms with Crippen LogP contribution in [0.5, 0.6) is 0 Å². The van der Waals surface area contributed by atoms with E-state index >= 15 is 0 Å². The first-order valence-corrected chi connectivity index (χ1v) is 6.16. The zero-order chi connectivity index (χ0) is 10.1. The van der Waals surface area contributed by atoms with E-state index in [0.717, 1.165) is 9.75 Å². The number of hydrogen-bond donors (Lipinski definition) is 1. The summed E-state index contributed by atoms with van der Waals surface area (Å²) in [5.74, 6) is 0. The van der Waals surface area contributed by atoms with E-state index in [1.165, 1.54) is 10.4 Å². The van der Waals surface area contributed by atoms with Crippen molar-refractivity contribution < 1.29 is 5.11 Å². The molecule has 0 spiro atoms. The SMILES string of the molecule is Cc1ccc([C@@H](O)c2sccc2C)s1. The third kappa shape index (κ3) is 1.75. The molecule has 74 valence electrons. The Kier molecular flexibility index (Phi) is 2.72. The predicted octanol–water partition coefficient (Wildman–Crippen LogP) is 3.51. The van der Waals surface area contributed by atoms with Gasteiger partial charge in [0.2, 0.25) is 0 Å². The van der Waals surface area contributed by atoms with Gasteiger partial charge in [0.25, 0.3) is 0 Å². The first-order valence-electron chi connectivity index (χ1n) is 4.47. The van der Waals surface area contributed by atoms with Gasteiger partial charge in [0.05, 0.1) is 0 Å². The van der Waals surface area contributed by atoms with Gasteiger partial charge in [-0.25, -0.2) is 0 Å². The Labute approximate surface area is 91.7 Å². The zero-order valence-electron chi connectivity index (χ0n) is 8.15. The average Bonchev–Trinajstić information content (AvgIpc) is 2.73. The summed E-state index contributed by atoms with van der Waals surface area (Å²) in [6.45, 7) is 4.09. The van der Waals surface area contributed by atoms with Gasteiger partial charge in [-0.1, -0.05) is 0 Å². The van der Waals surface area contributed by atoms with Gasteiger partial charge in [-0.2, -0.15) is 0 Å². The maximum Gasteiger partial charge on any atom is 0.123 e. The highest BCUT2D eigenvalue weighted by Crippen LogP contribution is 2.32. The monoisotopic (exact) mass is 224 g/mol. The van der Waals surface area contributed by atoms with E-state index in [4.69, 9.17) is 0 Å². The first kappa shape index (κ1) is 9.90. The van der Waals surface area contributed by atoms with Crippen molar-refractivity contribution in [3.63, 3.8) is 0 Å². The Morgan fingerprint density at radius 1 is 1.21 bits per heavy atom. The molecule has 0 bridgehead atoms. The maximum atomic E-state index is 10.1. The molecule has 14 heavy (non-hydrogen) atoms. The summed E-state index contributed by atoms with van der Waals surface area (Å²) in [7, 11) is 0. The lowest BCUT2D eigenvalue weighted by Gasteiger charge is -2.06. The average molecular weight is 224 g/mol. The Bertz CT molecular complexity index is 428. The molecule has 1 nitrogen and oxygen atoms in total. The molecule has 2 heterocycles. The summed E-state index contributed by atoms with van der Waals surface area (Å²) in [6, 6.07) is 6.10. The molecule has 1 atom stereocenters. The minimum absolute atomic E-state index is 0.436. The van der Waals surface area contributed by atoms with Crippen LogP contribution in [0.1, 0.15) is 26.3 Å². The summed E-state index contributed by atoms with van der Waals surface area (Å²) in [6.07, 6.45) is -0.436. The van der Waals surface area contributed by atoms with Crippen LogP contribution in [-0.4, -0.2) is 5.11 Å². The van der Waals surface area contributed by atoms with Crippen molar-refractivity contribution in [3.8, 4) is 0 Å². The van der Waals surface area contributed by atoms with E-state index < -0.39 is 6.10 Å². The van der Waals surface area contributed by atoms with Crippen molar-refractivity contribution in [3.05, 3.63) is 43.8 Å². The zero-order valence-corrected chi connectivity index (χ0v) is 9.78. The Morgan fingerprint density at radius 3 is 2.50 bits per heavy atom. The van der Waals surface area contributed by atoms with E-state index in [0.29, 0.717) is 0 Å². The Morgan fingerprint density at radius 2 is 2.00 bits per heavy atom. The van der Waals surface area contributed by atoms with Crippen LogP contribution in [-0.2, 0) is 0 Å². The Balaban J connectivity index is 2.33. The van der Waals surface area contributed by atoms with E-state index in [9.17, 15) is 5.11 Å². The number of aliphatic hydroxyl groups excluding tert-OH is 1. The van der Waals surface area contributed by atoms with Gasteiger partial charge < -0.3 is 5.11 Å². The Hall–Kier alpha value is -0.640. The first-order chi connectivity index (χ1) is 6.68. The number of aryl methyl sites for hydroxylation is 2. The van der Waals surface area contributed by atoms with Gasteiger partial charge in [0.15, 0.2) is 0 Å². The molecule has 0 radical (unpaired) electrons. The molecule has 0 amide bonds. The fourth-order valence-electron chi connectivity index (χ4n) is 1.39. The van der Waals surface area contributed by atoms with Gasteiger partial charge in [0.1, 0.15) is 6.10 Å². The van der Waals surface area contributed by atoms with Crippen molar-refractivity contribution in [2.75, 3.05) is 0 Å². The molecule has 2 aromatic rings. The second-order valence-corrected chi connectivity index (χ2v) is 5.59. The molecule has 0 fully saturated rings. The second kappa shape index (κ2) is 3.85. The van der Waals surface area contributed by atoms with Crippen LogP contribution in [0, 0.1) is 13.8 Å². The van der Waals surface area contributed by atoms with Crippen molar-refractivity contribution in [2.45, 2.75) is 20.0 Å². The fourth-order valence-corrected chi connectivity index (χ4v) is 3.27. The minimum atomic E-state index is -0.436. The van der Waals surface area contributed by atoms with Crippen LogP contribution in [0.2, 0.25) is 0 Å². The topological polar surface area (TPSA) is 20.2 Å². The van der Waals surface area contributed by atoms with E-state index in [-0.39, 0.29) is 0 Å². The number of rotatable bonds is 2. The molecule has 2 aromatic heterocycles. The lowest BCUT2D eigenvalue weighted by molar-refractivity contribution is 0.227. The molecule has 0 saturated heterocycles. The molecule has 0 unspecified atom stereocenters. The molecular weight excluding hydrogens is 212 g/mol. The van der Waals surface area contributed by atoms with Gasteiger partial charge in [-0.3, -0.25) is 0 Å². The van der Waals surface area contributed by atoms with Gasteiger partial charge in [-0.15, -0.1) is 22.7 Å². The standard InChI is InChI=1S/C11H12OS2/c1-7-5-6-13-11(7)10(12)9-4-3-8(2)14-9/h3-6,10,12H,1-2H3/t10-/m1/s1. The van der Waals surface area contributed by atoms with Crippen LogP contribution in [0.15, 0.2) is 23.6 Å². The highest BCUT2D eigenvalue weighted by Gasteiger charge is 2.15. The largest absolute Gasteiger partial charge is 0.382 e.